The summed E-state index contributed by atoms with van der Waals surface area (Å²) in [5.74, 6) is -1.82. The van der Waals surface area contributed by atoms with Crippen LogP contribution in [0.2, 0.25) is 0 Å². The van der Waals surface area contributed by atoms with Crippen molar-refractivity contribution in [1.82, 2.24) is 4.90 Å². The first-order valence-corrected chi connectivity index (χ1v) is 9.91. The molecule has 3 aromatic carbocycles. The maximum atomic E-state index is 13.2. The predicted octanol–water partition coefficient (Wildman–Crippen LogP) is 3.28. The number of ketones is 2. The van der Waals surface area contributed by atoms with Gasteiger partial charge in [0.15, 0.2) is 11.6 Å². The average molecular weight is 427 g/mol. The molecule has 1 aliphatic carbocycles. The molecular formula is C25H17NO6. The summed E-state index contributed by atoms with van der Waals surface area (Å²) in [6.07, 6.45) is 0. The topological polar surface area (TPSA) is 101 Å². The number of hydrogen-bond acceptors (Lipinski definition) is 6. The molecule has 158 valence electrons. The van der Waals surface area contributed by atoms with Crippen molar-refractivity contribution in [2.45, 2.75) is 13.5 Å². The highest BCUT2D eigenvalue weighted by molar-refractivity contribution is 6.30. The van der Waals surface area contributed by atoms with Gasteiger partial charge in [0, 0.05) is 11.1 Å². The molecule has 0 saturated carbocycles. The summed E-state index contributed by atoms with van der Waals surface area (Å²) in [6, 6.07) is 12.6. The van der Waals surface area contributed by atoms with Crippen molar-refractivity contribution in [2.75, 3.05) is 7.11 Å². The highest BCUT2D eigenvalue weighted by atomic mass is 16.5. The zero-order valence-electron chi connectivity index (χ0n) is 17.3. The lowest BCUT2D eigenvalue weighted by atomic mass is 9.81. The summed E-state index contributed by atoms with van der Waals surface area (Å²) < 4.78 is 5.33. The lowest BCUT2D eigenvalue weighted by Gasteiger charge is -2.23. The molecule has 7 nitrogen and oxygen atoms in total. The zero-order chi connectivity index (χ0) is 22.7. The van der Waals surface area contributed by atoms with E-state index in [4.69, 9.17) is 4.74 Å². The van der Waals surface area contributed by atoms with E-state index in [2.05, 4.69) is 0 Å². The molecule has 2 aliphatic rings. The Morgan fingerprint density at radius 1 is 0.812 bits per heavy atom. The van der Waals surface area contributed by atoms with Gasteiger partial charge in [-0.3, -0.25) is 24.1 Å². The van der Waals surface area contributed by atoms with Gasteiger partial charge in [0.25, 0.3) is 11.8 Å². The molecule has 0 radical (unpaired) electrons. The summed E-state index contributed by atoms with van der Waals surface area (Å²) in [4.78, 5) is 52.9. The normalized spacial score (nSPS) is 14.4. The Morgan fingerprint density at radius 2 is 1.44 bits per heavy atom. The van der Waals surface area contributed by atoms with Crippen LogP contribution in [-0.4, -0.2) is 40.5 Å². The minimum absolute atomic E-state index is 0.0376. The van der Waals surface area contributed by atoms with Crippen LogP contribution in [0.15, 0.2) is 48.5 Å². The van der Waals surface area contributed by atoms with Crippen LogP contribution in [0.1, 0.15) is 63.7 Å². The first kappa shape index (κ1) is 19.7. The number of rotatable bonds is 3. The average Bonchev–Trinajstić information content (AvgIpc) is 3.02. The summed E-state index contributed by atoms with van der Waals surface area (Å²) in [6.45, 7) is 1.63. The quantitative estimate of drug-likeness (QED) is 0.504. The molecule has 1 heterocycles. The molecule has 0 atom stereocenters. The van der Waals surface area contributed by atoms with E-state index in [1.807, 2.05) is 0 Å². The van der Waals surface area contributed by atoms with Crippen LogP contribution in [0.4, 0.5) is 0 Å². The van der Waals surface area contributed by atoms with E-state index in [1.54, 1.807) is 37.3 Å². The number of benzene rings is 3. The Labute approximate surface area is 182 Å². The molecule has 3 aromatic rings. The molecule has 1 N–H and O–H groups in total. The van der Waals surface area contributed by atoms with Gasteiger partial charge in [-0.1, -0.05) is 18.2 Å². The highest BCUT2D eigenvalue weighted by Crippen LogP contribution is 2.40. The summed E-state index contributed by atoms with van der Waals surface area (Å²) in [5, 5.41) is 10.4. The van der Waals surface area contributed by atoms with E-state index < -0.39 is 23.4 Å². The second kappa shape index (κ2) is 6.88. The van der Waals surface area contributed by atoms with E-state index in [0.717, 1.165) is 4.90 Å². The standard InChI is InChI=1S/C25H17NO6/c1-12-9-18(27)19-20(23(12)32-2)21(28)14-8-7-13(10-17(14)22(19)29)11-26-24(30)15-5-3-4-6-16(15)25(26)31/h3-10,27H,11H2,1-2H3. The number of phenols is 1. The van der Waals surface area contributed by atoms with Crippen molar-refractivity contribution < 1.29 is 29.0 Å². The Hall–Kier alpha value is -4.26. The Balaban J connectivity index is 1.55. The third kappa shape index (κ3) is 2.61. The van der Waals surface area contributed by atoms with Crippen molar-refractivity contribution >= 4 is 23.4 Å². The number of aryl methyl sites for hydroxylation is 1. The van der Waals surface area contributed by atoms with Gasteiger partial charge >= 0.3 is 0 Å². The minimum atomic E-state index is -0.519. The lowest BCUT2D eigenvalue weighted by Crippen LogP contribution is -2.29. The van der Waals surface area contributed by atoms with E-state index in [0.29, 0.717) is 22.3 Å². The number of phenolic OH excluding ortho intramolecular Hbond substituents is 1. The fourth-order valence-corrected chi connectivity index (χ4v) is 4.40. The number of nitrogens with zero attached hydrogens (tertiary/aromatic N) is 1. The van der Waals surface area contributed by atoms with Gasteiger partial charge in [-0.15, -0.1) is 0 Å². The fraction of sp³-hybridized carbons (Fsp3) is 0.120. The molecule has 32 heavy (non-hydrogen) atoms. The number of carbonyl (C=O) groups excluding carboxylic acids is 4. The van der Waals surface area contributed by atoms with Crippen molar-refractivity contribution in [3.63, 3.8) is 0 Å². The summed E-state index contributed by atoms with van der Waals surface area (Å²) in [5.41, 5.74) is 1.94. The van der Waals surface area contributed by atoms with E-state index >= 15 is 0 Å². The van der Waals surface area contributed by atoms with E-state index in [1.165, 1.54) is 25.3 Å². The lowest BCUT2D eigenvalue weighted by molar-refractivity contribution is 0.0642. The monoisotopic (exact) mass is 427 g/mol. The van der Waals surface area contributed by atoms with Crippen LogP contribution >= 0.6 is 0 Å². The second-order valence-electron chi connectivity index (χ2n) is 7.78. The van der Waals surface area contributed by atoms with Crippen LogP contribution in [-0.2, 0) is 6.54 Å². The van der Waals surface area contributed by atoms with Crippen LogP contribution in [0, 0.1) is 6.92 Å². The van der Waals surface area contributed by atoms with Crippen molar-refractivity contribution in [3.05, 3.63) is 93.0 Å². The van der Waals surface area contributed by atoms with Crippen LogP contribution in [0.3, 0.4) is 0 Å². The predicted molar refractivity (Wildman–Crippen MR) is 113 cm³/mol. The Bertz CT molecular complexity index is 1350. The molecule has 1 aliphatic heterocycles. The molecule has 2 amide bonds. The van der Waals surface area contributed by atoms with Crippen molar-refractivity contribution in [3.8, 4) is 11.5 Å². The van der Waals surface area contributed by atoms with Crippen molar-refractivity contribution in [2.24, 2.45) is 0 Å². The first-order valence-electron chi connectivity index (χ1n) is 9.91. The summed E-state index contributed by atoms with van der Waals surface area (Å²) >= 11 is 0. The third-order valence-corrected chi connectivity index (χ3v) is 5.89. The van der Waals surface area contributed by atoms with E-state index in [-0.39, 0.29) is 40.3 Å². The highest BCUT2D eigenvalue weighted by Gasteiger charge is 2.37. The number of fused-ring (bicyclic) bond motifs is 3. The maximum Gasteiger partial charge on any atom is 0.261 e. The second-order valence-corrected chi connectivity index (χ2v) is 7.78. The first-order chi connectivity index (χ1) is 15.3. The van der Waals surface area contributed by atoms with Gasteiger partial charge in [-0.05, 0) is 48.4 Å². The van der Waals surface area contributed by atoms with E-state index in [9.17, 15) is 24.3 Å². The van der Waals surface area contributed by atoms with Gasteiger partial charge in [-0.25, -0.2) is 0 Å². The van der Waals surface area contributed by atoms with Gasteiger partial charge in [0.1, 0.15) is 11.5 Å². The zero-order valence-corrected chi connectivity index (χ0v) is 17.3. The molecule has 7 heteroatoms. The molecule has 5 rings (SSSR count). The van der Waals surface area contributed by atoms with Gasteiger partial charge in [-0.2, -0.15) is 0 Å². The third-order valence-electron chi connectivity index (χ3n) is 5.89. The molecular weight excluding hydrogens is 410 g/mol. The van der Waals surface area contributed by atoms with Gasteiger partial charge < -0.3 is 9.84 Å². The largest absolute Gasteiger partial charge is 0.507 e. The van der Waals surface area contributed by atoms with Crippen LogP contribution in [0.5, 0.6) is 11.5 Å². The number of ether oxygens (including phenoxy) is 1. The molecule has 0 aromatic heterocycles. The number of imide groups is 1. The fourth-order valence-electron chi connectivity index (χ4n) is 4.40. The Kier molecular flexibility index (Phi) is 4.23. The van der Waals surface area contributed by atoms with Crippen LogP contribution in [0.25, 0.3) is 0 Å². The molecule has 0 spiro atoms. The molecule has 0 fully saturated rings. The van der Waals surface area contributed by atoms with Gasteiger partial charge in [0.2, 0.25) is 0 Å². The molecule has 0 saturated heterocycles. The minimum Gasteiger partial charge on any atom is -0.507 e. The van der Waals surface area contributed by atoms with Crippen molar-refractivity contribution in [1.29, 1.82) is 0 Å². The smallest absolute Gasteiger partial charge is 0.261 e. The maximum absolute atomic E-state index is 13.2. The molecule has 0 bridgehead atoms. The Morgan fingerprint density at radius 3 is 2.06 bits per heavy atom. The SMILES string of the molecule is COc1c(C)cc(O)c2c1C(=O)c1ccc(CN3C(=O)c4ccccc4C3=O)cc1C2=O. The van der Waals surface area contributed by atoms with Crippen LogP contribution < -0.4 is 4.74 Å². The number of methoxy groups -OCH3 is 1. The molecule has 0 unspecified atom stereocenters. The number of hydrogen-bond donors (Lipinski definition) is 1. The number of carbonyl (C=O) groups is 4. The summed E-state index contributed by atoms with van der Waals surface area (Å²) in [7, 11) is 1.40. The number of aromatic hydroxyl groups is 1. The van der Waals surface area contributed by atoms with Gasteiger partial charge in [0.05, 0.1) is 35.9 Å². The number of amides is 2.